The van der Waals surface area contributed by atoms with Gasteiger partial charge in [-0.05, 0) is 62.2 Å². The normalized spacial score (nSPS) is 12.3. The summed E-state index contributed by atoms with van der Waals surface area (Å²) in [6.45, 7) is 5.07. The van der Waals surface area contributed by atoms with Crippen molar-refractivity contribution >= 4 is 0 Å². The molecule has 2 N–H and O–H groups in total. The van der Waals surface area contributed by atoms with Gasteiger partial charge in [-0.25, -0.2) is 8.78 Å². The minimum absolute atomic E-state index is 0.292. The number of hydrogen-bond acceptors (Lipinski definition) is 2. The van der Waals surface area contributed by atoms with E-state index >= 15 is 0 Å². The highest BCUT2D eigenvalue weighted by atomic mass is 19.1. The second-order valence-electron chi connectivity index (χ2n) is 4.94. The van der Waals surface area contributed by atoms with Crippen molar-refractivity contribution in [2.45, 2.75) is 26.8 Å². The first kappa shape index (κ1) is 14.5. The molecule has 0 spiro atoms. The van der Waals surface area contributed by atoms with Crippen LogP contribution >= 0.6 is 0 Å². The van der Waals surface area contributed by atoms with Gasteiger partial charge in [0.1, 0.15) is 23.1 Å². The van der Waals surface area contributed by atoms with Crippen LogP contribution in [0, 0.1) is 25.5 Å². The maximum atomic E-state index is 13.6. The quantitative estimate of drug-likeness (QED) is 0.902. The van der Waals surface area contributed by atoms with Gasteiger partial charge in [-0.15, -0.1) is 0 Å². The molecule has 2 rings (SSSR count). The lowest BCUT2D eigenvalue weighted by atomic mass is 10.0. The Balaban J connectivity index is 2.41. The van der Waals surface area contributed by atoms with Crippen LogP contribution in [0.2, 0.25) is 0 Å². The molecule has 4 heteroatoms. The Kier molecular flexibility index (Phi) is 4.04. The Hall–Kier alpha value is -1.94. The van der Waals surface area contributed by atoms with E-state index in [1.54, 1.807) is 32.9 Å². The average Bonchev–Trinajstić information content (AvgIpc) is 2.37. The summed E-state index contributed by atoms with van der Waals surface area (Å²) in [6.07, 6.45) is 0. The van der Waals surface area contributed by atoms with Crippen molar-refractivity contribution in [3.8, 4) is 11.5 Å². The van der Waals surface area contributed by atoms with E-state index in [0.717, 1.165) is 0 Å². The van der Waals surface area contributed by atoms with Gasteiger partial charge in [0.05, 0.1) is 0 Å². The molecule has 2 aromatic rings. The second-order valence-corrected chi connectivity index (χ2v) is 4.94. The fourth-order valence-electron chi connectivity index (χ4n) is 1.92. The van der Waals surface area contributed by atoms with Gasteiger partial charge in [-0.1, -0.05) is 0 Å². The first-order valence-electron chi connectivity index (χ1n) is 6.38. The number of hydrogen-bond donors (Lipinski definition) is 1. The molecule has 1 atom stereocenters. The van der Waals surface area contributed by atoms with Crippen molar-refractivity contribution in [1.29, 1.82) is 0 Å². The van der Waals surface area contributed by atoms with Gasteiger partial charge in [-0.2, -0.15) is 0 Å². The molecular formula is C16H17F2NO. The minimum Gasteiger partial charge on any atom is -0.457 e. The van der Waals surface area contributed by atoms with Crippen molar-refractivity contribution in [2.75, 3.05) is 0 Å². The number of halogens is 2. The van der Waals surface area contributed by atoms with Crippen molar-refractivity contribution in [3.05, 3.63) is 58.7 Å². The predicted molar refractivity (Wildman–Crippen MR) is 75.0 cm³/mol. The predicted octanol–water partition coefficient (Wildman–Crippen LogP) is 4.39. The van der Waals surface area contributed by atoms with Crippen LogP contribution in [0.1, 0.15) is 29.7 Å². The SMILES string of the molecule is Cc1cc(Oc2cc(C)c(F)cc2C(C)N)ccc1F. The lowest BCUT2D eigenvalue weighted by Crippen LogP contribution is -2.08. The van der Waals surface area contributed by atoms with Crippen LogP contribution in [0.4, 0.5) is 8.78 Å². The molecule has 1 unspecified atom stereocenters. The Morgan fingerprint density at radius 3 is 2.25 bits per heavy atom. The van der Waals surface area contributed by atoms with Crippen LogP contribution in [-0.4, -0.2) is 0 Å². The molecule has 2 nitrogen and oxygen atoms in total. The Labute approximate surface area is 117 Å². The molecule has 0 aliphatic carbocycles. The molecule has 0 heterocycles. The number of aryl methyl sites for hydroxylation is 2. The van der Waals surface area contributed by atoms with Crippen molar-refractivity contribution in [2.24, 2.45) is 5.73 Å². The average molecular weight is 277 g/mol. The van der Waals surface area contributed by atoms with E-state index in [1.165, 1.54) is 18.2 Å². The molecule has 0 aromatic heterocycles. The molecule has 0 aliphatic heterocycles. The molecule has 0 saturated heterocycles. The van der Waals surface area contributed by atoms with Crippen LogP contribution in [0.3, 0.4) is 0 Å². The molecule has 0 saturated carbocycles. The van der Waals surface area contributed by atoms with Gasteiger partial charge in [0, 0.05) is 11.6 Å². The summed E-state index contributed by atoms with van der Waals surface area (Å²) in [5.74, 6) is 0.377. The third-order valence-corrected chi connectivity index (χ3v) is 3.14. The van der Waals surface area contributed by atoms with Crippen LogP contribution < -0.4 is 10.5 Å². The van der Waals surface area contributed by atoms with E-state index in [9.17, 15) is 8.78 Å². The first-order chi connectivity index (χ1) is 9.38. The summed E-state index contributed by atoms with van der Waals surface area (Å²) in [4.78, 5) is 0. The summed E-state index contributed by atoms with van der Waals surface area (Å²) in [7, 11) is 0. The maximum absolute atomic E-state index is 13.6. The molecule has 0 radical (unpaired) electrons. The molecule has 106 valence electrons. The third-order valence-electron chi connectivity index (χ3n) is 3.14. The van der Waals surface area contributed by atoms with E-state index in [4.69, 9.17) is 10.5 Å². The first-order valence-corrected chi connectivity index (χ1v) is 6.38. The summed E-state index contributed by atoms with van der Waals surface area (Å²) in [5, 5.41) is 0. The van der Waals surface area contributed by atoms with E-state index in [2.05, 4.69) is 0 Å². The van der Waals surface area contributed by atoms with E-state index in [1.807, 2.05) is 0 Å². The molecule has 20 heavy (non-hydrogen) atoms. The zero-order valence-electron chi connectivity index (χ0n) is 11.7. The molecule has 0 amide bonds. The lowest BCUT2D eigenvalue weighted by Gasteiger charge is -2.15. The van der Waals surface area contributed by atoms with Crippen LogP contribution in [0.15, 0.2) is 30.3 Å². The minimum atomic E-state index is -0.360. The summed E-state index contributed by atoms with van der Waals surface area (Å²) < 4.78 is 32.6. The van der Waals surface area contributed by atoms with Crippen LogP contribution in [0.25, 0.3) is 0 Å². The van der Waals surface area contributed by atoms with Gasteiger partial charge in [0.15, 0.2) is 0 Å². The topological polar surface area (TPSA) is 35.2 Å². The standard InChI is InChI=1S/C16H17F2NO/c1-9-6-12(4-5-14(9)17)20-16-7-10(2)15(18)8-13(16)11(3)19/h4-8,11H,19H2,1-3H3. The Bertz CT molecular complexity index is 639. The van der Waals surface area contributed by atoms with Crippen molar-refractivity contribution in [3.63, 3.8) is 0 Å². The smallest absolute Gasteiger partial charge is 0.132 e. The summed E-state index contributed by atoms with van der Waals surface area (Å²) >= 11 is 0. The van der Waals surface area contributed by atoms with Crippen molar-refractivity contribution < 1.29 is 13.5 Å². The van der Waals surface area contributed by atoms with Gasteiger partial charge < -0.3 is 10.5 Å². The van der Waals surface area contributed by atoms with Gasteiger partial charge in [0.2, 0.25) is 0 Å². The van der Waals surface area contributed by atoms with E-state index < -0.39 is 0 Å². The highest BCUT2D eigenvalue weighted by molar-refractivity contribution is 5.43. The summed E-state index contributed by atoms with van der Waals surface area (Å²) in [6, 6.07) is 7.09. The molecule has 0 aliphatic rings. The molecule has 0 bridgehead atoms. The molecule has 2 aromatic carbocycles. The highest BCUT2D eigenvalue weighted by Crippen LogP contribution is 2.31. The van der Waals surface area contributed by atoms with Crippen molar-refractivity contribution in [1.82, 2.24) is 0 Å². The maximum Gasteiger partial charge on any atom is 0.132 e. The van der Waals surface area contributed by atoms with Crippen LogP contribution in [0.5, 0.6) is 11.5 Å². The monoisotopic (exact) mass is 277 g/mol. The Morgan fingerprint density at radius 2 is 1.65 bits per heavy atom. The third kappa shape index (κ3) is 2.96. The number of nitrogens with two attached hydrogens (primary N) is 1. The van der Waals surface area contributed by atoms with Crippen LogP contribution in [-0.2, 0) is 0 Å². The zero-order chi connectivity index (χ0) is 14.9. The molecule has 0 fully saturated rings. The molecular weight excluding hydrogens is 260 g/mol. The fraction of sp³-hybridized carbons (Fsp3) is 0.250. The van der Waals surface area contributed by atoms with E-state index in [0.29, 0.717) is 28.2 Å². The largest absolute Gasteiger partial charge is 0.457 e. The summed E-state index contributed by atoms with van der Waals surface area (Å²) in [5.41, 5.74) is 7.38. The zero-order valence-corrected chi connectivity index (χ0v) is 11.7. The van der Waals surface area contributed by atoms with Gasteiger partial charge in [-0.3, -0.25) is 0 Å². The number of rotatable bonds is 3. The second kappa shape index (κ2) is 5.59. The lowest BCUT2D eigenvalue weighted by molar-refractivity contribution is 0.466. The van der Waals surface area contributed by atoms with Gasteiger partial charge in [0.25, 0.3) is 0 Å². The number of benzene rings is 2. The Morgan fingerprint density at radius 1 is 1.00 bits per heavy atom. The van der Waals surface area contributed by atoms with Gasteiger partial charge >= 0.3 is 0 Å². The fourth-order valence-corrected chi connectivity index (χ4v) is 1.92. The highest BCUT2D eigenvalue weighted by Gasteiger charge is 2.13. The van der Waals surface area contributed by atoms with E-state index in [-0.39, 0.29) is 17.7 Å². The number of ether oxygens (including phenoxy) is 1.